The van der Waals surface area contributed by atoms with Gasteiger partial charge in [0.05, 0.1) is 27.5 Å². The second kappa shape index (κ2) is 10.7. The number of hydrogen-bond donors (Lipinski definition) is 0. The van der Waals surface area contributed by atoms with E-state index in [2.05, 4.69) is 100 Å². The molecule has 0 aliphatic heterocycles. The summed E-state index contributed by atoms with van der Waals surface area (Å²) in [6, 6.07) is 56.7. The Morgan fingerprint density at radius 2 is 0.941 bits per heavy atom. The monoisotopic (exact) mass is 653 g/mol. The Kier molecular flexibility index (Phi) is 5.86. The SMILES string of the molecule is c1ccc(-c2nc(-c3ccccc3)nc(-n3c4cc(-n5c6ccccc6c6ccccc65)ccc4c4ccc5oc6ccccc6c5c43)n2)cc1. The molecule has 0 aliphatic carbocycles. The number of fused-ring (bicyclic) bond motifs is 10. The first-order chi connectivity index (χ1) is 25.3. The summed E-state index contributed by atoms with van der Waals surface area (Å²) in [5.74, 6) is 1.76. The summed E-state index contributed by atoms with van der Waals surface area (Å²) < 4.78 is 11.0. The number of hydrogen-bond acceptors (Lipinski definition) is 4. The second-order valence-corrected chi connectivity index (χ2v) is 12.9. The van der Waals surface area contributed by atoms with Crippen molar-refractivity contribution in [2.75, 3.05) is 0 Å². The lowest BCUT2D eigenvalue weighted by molar-refractivity contribution is 0.669. The lowest BCUT2D eigenvalue weighted by Gasteiger charge is -2.12. The Hall–Kier alpha value is -7.05. The number of furan rings is 1. The van der Waals surface area contributed by atoms with Crippen LogP contribution in [0.25, 0.3) is 100.0 Å². The zero-order valence-electron chi connectivity index (χ0n) is 27.2. The quantitative estimate of drug-likeness (QED) is 0.190. The van der Waals surface area contributed by atoms with Crippen molar-refractivity contribution < 1.29 is 4.42 Å². The number of nitrogens with zero attached hydrogens (tertiary/aromatic N) is 5. The van der Waals surface area contributed by atoms with Crippen LogP contribution in [0.5, 0.6) is 0 Å². The third kappa shape index (κ3) is 4.14. The van der Waals surface area contributed by atoms with Gasteiger partial charge in [0.1, 0.15) is 11.2 Å². The summed E-state index contributed by atoms with van der Waals surface area (Å²) in [4.78, 5) is 15.5. The fraction of sp³-hybridized carbons (Fsp3) is 0. The van der Waals surface area contributed by atoms with Crippen LogP contribution >= 0.6 is 0 Å². The highest BCUT2D eigenvalue weighted by molar-refractivity contribution is 6.24. The van der Waals surface area contributed by atoms with E-state index in [-0.39, 0.29) is 0 Å². The molecular weight excluding hydrogens is 627 g/mol. The first-order valence-corrected chi connectivity index (χ1v) is 17.0. The van der Waals surface area contributed by atoms with Gasteiger partial charge in [0.2, 0.25) is 5.95 Å². The van der Waals surface area contributed by atoms with Crippen LogP contribution in [0.2, 0.25) is 0 Å². The highest BCUT2D eigenvalue weighted by Crippen LogP contribution is 2.42. The van der Waals surface area contributed by atoms with Gasteiger partial charge in [-0.05, 0) is 42.5 Å². The summed E-state index contributed by atoms with van der Waals surface area (Å²) in [5, 5.41) is 6.71. The lowest BCUT2D eigenvalue weighted by Crippen LogP contribution is -2.07. The molecule has 0 radical (unpaired) electrons. The summed E-state index contributed by atoms with van der Waals surface area (Å²) in [7, 11) is 0. The van der Waals surface area contributed by atoms with Crippen molar-refractivity contribution >= 4 is 65.6 Å². The van der Waals surface area contributed by atoms with Gasteiger partial charge in [-0.25, -0.2) is 4.98 Å². The Balaban J connectivity index is 1.30. The van der Waals surface area contributed by atoms with E-state index in [1.165, 1.54) is 10.8 Å². The normalized spacial score (nSPS) is 11.9. The minimum absolute atomic E-state index is 0.542. The van der Waals surface area contributed by atoms with Crippen LogP contribution in [-0.4, -0.2) is 24.1 Å². The van der Waals surface area contributed by atoms with Gasteiger partial charge in [-0.2, -0.15) is 9.97 Å². The van der Waals surface area contributed by atoms with Gasteiger partial charge in [0, 0.05) is 43.7 Å². The highest BCUT2D eigenvalue weighted by Gasteiger charge is 2.23. The van der Waals surface area contributed by atoms with E-state index in [9.17, 15) is 0 Å². The van der Waals surface area contributed by atoms with Gasteiger partial charge >= 0.3 is 0 Å². The van der Waals surface area contributed by atoms with E-state index < -0.39 is 0 Å². The molecule has 6 nitrogen and oxygen atoms in total. The average Bonchev–Trinajstić information content (AvgIpc) is 3.86. The zero-order chi connectivity index (χ0) is 33.5. The molecule has 0 aliphatic rings. The van der Waals surface area contributed by atoms with Crippen LogP contribution in [0.1, 0.15) is 0 Å². The van der Waals surface area contributed by atoms with Gasteiger partial charge < -0.3 is 8.98 Å². The van der Waals surface area contributed by atoms with Crippen molar-refractivity contribution in [1.29, 1.82) is 0 Å². The minimum Gasteiger partial charge on any atom is -0.456 e. The molecule has 0 amide bonds. The predicted octanol–water partition coefficient (Wildman–Crippen LogP) is 11.3. The topological polar surface area (TPSA) is 61.7 Å². The molecule has 238 valence electrons. The average molecular weight is 654 g/mol. The van der Waals surface area contributed by atoms with Crippen molar-refractivity contribution in [3.8, 4) is 34.4 Å². The molecule has 0 fully saturated rings. The minimum atomic E-state index is 0.542. The van der Waals surface area contributed by atoms with Gasteiger partial charge in [-0.3, -0.25) is 4.57 Å². The fourth-order valence-electron chi connectivity index (χ4n) is 7.75. The maximum Gasteiger partial charge on any atom is 0.238 e. The summed E-state index contributed by atoms with van der Waals surface area (Å²) in [6.45, 7) is 0. The Morgan fingerprint density at radius 1 is 0.392 bits per heavy atom. The molecule has 0 N–H and O–H groups in total. The van der Waals surface area contributed by atoms with Crippen LogP contribution in [0.15, 0.2) is 168 Å². The molecule has 0 saturated heterocycles. The van der Waals surface area contributed by atoms with Crippen LogP contribution in [0, 0.1) is 0 Å². The highest BCUT2D eigenvalue weighted by atomic mass is 16.3. The van der Waals surface area contributed by atoms with E-state index in [1.807, 2.05) is 72.8 Å². The Labute approximate surface area is 291 Å². The molecule has 11 aromatic rings. The number of aromatic nitrogens is 5. The van der Waals surface area contributed by atoms with E-state index >= 15 is 0 Å². The van der Waals surface area contributed by atoms with Crippen molar-refractivity contribution in [1.82, 2.24) is 24.1 Å². The molecule has 0 atom stereocenters. The first kappa shape index (κ1) is 27.9. The van der Waals surface area contributed by atoms with Crippen LogP contribution in [0.4, 0.5) is 0 Å². The lowest BCUT2D eigenvalue weighted by atomic mass is 10.1. The van der Waals surface area contributed by atoms with Crippen molar-refractivity contribution in [3.05, 3.63) is 164 Å². The number of benzene rings is 7. The van der Waals surface area contributed by atoms with E-state index in [1.54, 1.807) is 0 Å². The number of para-hydroxylation sites is 3. The first-order valence-electron chi connectivity index (χ1n) is 17.0. The molecule has 51 heavy (non-hydrogen) atoms. The molecule has 0 saturated carbocycles. The molecule has 4 aromatic heterocycles. The smallest absolute Gasteiger partial charge is 0.238 e. The van der Waals surface area contributed by atoms with E-state index in [0.717, 1.165) is 71.6 Å². The van der Waals surface area contributed by atoms with Crippen molar-refractivity contribution in [2.24, 2.45) is 0 Å². The predicted molar refractivity (Wildman–Crippen MR) is 207 cm³/mol. The zero-order valence-corrected chi connectivity index (χ0v) is 27.2. The third-order valence-corrected chi connectivity index (χ3v) is 9.98. The van der Waals surface area contributed by atoms with Crippen LogP contribution < -0.4 is 0 Å². The van der Waals surface area contributed by atoms with Crippen molar-refractivity contribution in [3.63, 3.8) is 0 Å². The molecule has 0 spiro atoms. The van der Waals surface area contributed by atoms with Gasteiger partial charge in [-0.15, -0.1) is 0 Å². The van der Waals surface area contributed by atoms with Gasteiger partial charge in [0.25, 0.3) is 0 Å². The maximum absolute atomic E-state index is 6.44. The Morgan fingerprint density at radius 3 is 1.61 bits per heavy atom. The Bertz CT molecular complexity index is 3030. The second-order valence-electron chi connectivity index (χ2n) is 12.9. The number of rotatable bonds is 4. The molecule has 4 heterocycles. The maximum atomic E-state index is 6.44. The molecule has 7 aromatic carbocycles. The van der Waals surface area contributed by atoms with Crippen molar-refractivity contribution in [2.45, 2.75) is 0 Å². The van der Waals surface area contributed by atoms with E-state index in [4.69, 9.17) is 19.4 Å². The summed E-state index contributed by atoms with van der Waals surface area (Å²) in [5.41, 5.74) is 8.85. The van der Waals surface area contributed by atoms with Gasteiger partial charge in [0.15, 0.2) is 11.6 Å². The largest absolute Gasteiger partial charge is 0.456 e. The van der Waals surface area contributed by atoms with Crippen LogP contribution in [-0.2, 0) is 0 Å². The van der Waals surface area contributed by atoms with E-state index in [0.29, 0.717) is 17.6 Å². The molecule has 0 bridgehead atoms. The standard InChI is InChI=1S/C45H27N5O/c1-3-13-28(14-4-1)43-46-44(29-15-5-2-6-16-29)48-45(47-43)50-38-27-30(49-36-20-10-7-17-31(36)32-18-8-11-21-37(32)49)23-24-33(38)34-25-26-40-41(42(34)50)35-19-9-12-22-39(35)51-40/h1-27H. The van der Waals surface area contributed by atoms with Crippen LogP contribution in [0.3, 0.4) is 0 Å². The molecular formula is C45H27N5O. The summed E-state index contributed by atoms with van der Waals surface area (Å²) >= 11 is 0. The summed E-state index contributed by atoms with van der Waals surface area (Å²) in [6.07, 6.45) is 0. The molecule has 11 rings (SSSR count). The molecule has 6 heteroatoms. The van der Waals surface area contributed by atoms with Gasteiger partial charge in [-0.1, -0.05) is 121 Å². The third-order valence-electron chi connectivity index (χ3n) is 9.98. The fourth-order valence-corrected chi connectivity index (χ4v) is 7.75. The molecule has 0 unspecified atom stereocenters.